The SMILES string of the molecule is Cc1nc(C(=O)N2CCC3(CCCCN3C)CC2)cs1. The summed E-state index contributed by atoms with van der Waals surface area (Å²) in [4.78, 5) is 21.3. The van der Waals surface area contributed by atoms with Gasteiger partial charge in [-0.1, -0.05) is 6.42 Å². The highest BCUT2D eigenvalue weighted by Crippen LogP contribution is 2.36. The number of amides is 1. The molecule has 1 aromatic heterocycles. The van der Waals surface area contributed by atoms with Crippen molar-refractivity contribution < 1.29 is 4.79 Å². The number of hydrogen-bond donors (Lipinski definition) is 0. The molecule has 2 aliphatic rings. The third kappa shape index (κ3) is 2.49. The molecule has 0 atom stereocenters. The summed E-state index contributed by atoms with van der Waals surface area (Å²) in [5.41, 5.74) is 0.980. The van der Waals surface area contributed by atoms with Gasteiger partial charge in [0.25, 0.3) is 5.91 Å². The molecule has 20 heavy (non-hydrogen) atoms. The zero-order valence-corrected chi connectivity index (χ0v) is 13.2. The van der Waals surface area contributed by atoms with E-state index >= 15 is 0 Å². The van der Waals surface area contributed by atoms with Crippen LogP contribution in [0.1, 0.15) is 47.6 Å². The van der Waals surface area contributed by atoms with Crippen LogP contribution in [0.15, 0.2) is 5.38 Å². The Morgan fingerprint density at radius 2 is 2.00 bits per heavy atom. The largest absolute Gasteiger partial charge is 0.337 e. The number of piperidine rings is 2. The van der Waals surface area contributed by atoms with Crippen molar-refractivity contribution in [2.24, 2.45) is 0 Å². The Kier molecular flexibility index (Phi) is 3.82. The second kappa shape index (κ2) is 5.45. The second-order valence-electron chi connectivity index (χ2n) is 6.15. The summed E-state index contributed by atoms with van der Waals surface area (Å²) in [5.74, 6) is 0.114. The zero-order chi connectivity index (χ0) is 14.2. The van der Waals surface area contributed by atoms with Crippen LogP contribution in [0.3, 0.4) is 0 Å². The molecule has 1 aromatic rings. The molecule has 0 aliphatic carbocycles. The van der Waals surface area contributed by atoms with E-state index in [1.54, 1.807) is 11.3 Å². The number of carbonyl (C=O) groups is 1. The van der Waals surface area contributed by atoms with Gasteiger partial charge in [-0.25, -0.2) is 4.98 Å². The van der Waals surface area contributed by atoms with Crippen molar-refractivity contribution in [1.29, 1.82) is 0 Å². The summed E-state index contributed by atoms with van der Waals surface area (Å²) in [5, 5.41) is 2.85. The number of hydrogen-bond acceptors (Lipinski definition) is 4. The van der Waals surface area contributed by atoms with Crippen LogP contribution in [0, 0.1) is 6.92 Å². The summed E-state index contributed by atoms with van der Waals surface area (Å²) < 4.78 is 0. The molecule has 1 amide bonds. The van der Waals surface area contributed by atoms with Crippen molar-refractivity contribution in [3.05, 3.63) is 16.1 Å². The number of rotatable bonds is 1. The minimum absolute atomic E-state index is 0.114. The maximum atomic E-state index is 12.4. The highest BCUT2D eigenvalue weighted by Gasteiger charge is 2.40. The molecule has 0 bridgehead atoms. The van der Waals surface area contributed by atoms with Gasteiger partial charge in [-0.2, -0.15) is 0 Å². The molecule has 0 N–H and O–H groups in total. The summed E-state index contributed by atoms with van der Waals surface area (Å²) in [6.07, 6.45) is 6.17. The third-order valence-electron chi connectivity index (χ3n) is 5.01. The van der Waals surface area contributed by atoms with Gasteiger partial charge in [0.2, 0.25) is 0 Å². The predicted molar refractivity (Wildman–Crippen MR) is 81.2 cm³/mol. The van der Waals surface area contributed by atoms with E-state index in [4.69, 9.17) is 0 Å². The van der Waals surface area contributed by atoms with Crippen LogP contribution in [0.25, 0.3) is 0 Å². The van der Waals surface area contributed by atoms with E-state index in [-0.39, 0.29) is 5.91 Å². The number of aromatic nitrogens is 1. The number of carbonyl (C=O) groups excluding carboxylic acids is 1. The smallest absolute Gasteiger partial charge is 0.273 e. The molecule has 2 saturated heterocycles. The Bertz CT molecular complexity index is 491. The van der Waals surface area contributed by atoms with Crippen LogP contribution in [0.4, 0.5) is 0 Å². The average molecular weight is 293 g/mol. The molecule has 0 unspecified atom stereocenters. The summed E-state index contributed by atoms with van der Waals surface area (Å²) >= 11 is 1.55. The van der Waals surface area contributed by atoms with Gasteiger partial charge in [0, 0.05) is 24.0 Å². The minimum Gasteiger partial charge on any atom is -0.337 e. The van der Waals surface area contributed by atoms with Crippen molar-refractivity contribution in [3.8, 4) is 0 Å². The maximum Gasteiger partial charge on any atom is 0.273 e. The first-order valence-electron chi connectivity index (χ1n) is 7.53. The molecule has 0 aromatic carbocycles. The van der Waals surface area contributed by atoms with Crippen molar-refractivity contribution in [3.63, 3.8) is 0 Å². The highest BCUT2D eigenvalue weighted by atomic mass is 32.1. The van der Waals surface area contributed by atoms with Gasteiger partial charge in [0.1, 0.15) is 5.69 Å². The quantitative estimate of drug-likeness (QED) is 0.798. The summed E-state index contributed by atoms with van der Waals surface area (Å²) in [6.45, 7) is 4.91. The van der Waals surface area contributed by atoms with Crippen LogP contribution >= 0.6 is 11.3 Å². The van der Waals surface area contributed by atoms with E-state index < -0.39 is 0 Å². The third-order valence-corrected chi connectivity index (χ3v) is 5.79. The average Bonchev–Trinajstić information content (AvgIpc) is 2.89. The number of likely N-dealkylation sites (tertiary alicyclic amines) is 2. The molecule has 3 rings (SSSR count). The standard InChI is InChI=1S/C15H23N3OS/c1-12-16-13(11-20-12)14(19)18-9-6-15(7-10-18)5-3-4-8-17(15)2/h11H,3-10H2,1-2H3. The lowest BCUT2D eigenvalue weighted by Crippen LogP contribution is -2.56. The first-order chi connectivity index (χ1) is 9.61. The first-order valence-corrected chi connectivity index (χ1v) is 8.41. The molecule has 0 radical (unpaired) electrons. The van der Waals surface area contributed by atoms with Crippen molar-refractivity contribution in [2.75, 3.05) is 26.7 Å². The second-order valence-corrected chi connectivity index (χ2v) is 7.21. The van der Waals surface area contributed by atoms with E-state index in [0.29, 0.717) is 11.2 Å². The normalized spacial score (nSPS) is 23.2. The fourth-order valence-electron chi connectivity index (χ4n) is 3.61. The lowest BCUT2D eigenvalue weighted by Gasteiger charge is -2.50. The Hall–Kier alpha value is -0.940. The Morgan fingerprint density at radius 1 is 1.25 bits per heavy atom. The van der Waals surface area contributed by atoms with Gasteiger partial charge in [0.05, 0.1) is 5.01 Å². The maximum absolute atomic E-state index is 12.4. The zero-order valence-electron chi connectivity index (χ0n) is 12.4. The minimum atomic E-state index is 0.114. The molecule has 5 heteroatoms. The van der Waals surface area contributed by atoms with Gasteiger partial charge >= 0.3 is 0 Å². The van der Waals surface area contributed by atoms with Crippen LogP contribution in [-0.4, -0.2) is 52.9 Å². The van der Waals surface area contributed by atoms with E-state index in [0.717, 1.165) is 30.9 Å². The molecular weight excluding hydrogens is 270 g/mol. The molecule has 2 aliphatic heterocycles. The first kappa shape index (κ1) is 14.0. The van der Waals surface area contributed by atoms with Gasteiger partial charge in [-0.3, -0.25) is 4.79 Å². The van der Waals surface area contributed by atoms with Gasteiger partial charge in [-0.15, -0.1) is 11.3 Å². The van der Waals surface area contributed by atoms with Gasteiger partial charge < -0.3 is 9.80 Å². The van der Waals surface area contributed by atoms with Gasteiger partial charge in [-0.05, 0) is 46.2 Å². The Labute approximate surface area is 124 Å². The van der Waals surface area contributed by atoms with Crippen molar-refractivity contribution in [1.82, 2.24) is 14.8 Å². The van der Waals surface area contributed by atoms with Crippen molar-refractivity contribution in [2.45, 2.75) is 44.6 Å². The van der Waals surface area contributed by atoms with E-state index in [1.807, 2.05) is 17.2 Å². The fraction of sp³-hybridized carbons (Fsp3) is 0.733. The van der Waals surface area contributed by atoms with Gasteiger partial charge in [0.15, 0.2) is 0 Å². The van der Waals surface area contributed by atoms with Crippen LogP contribution in [0.2, 0.25) is 0 Å². The molecule has 1 spiro atoms. The molecule has 3 heterocycles. The van der Waals surface area contributed by atoms with Crippen LogP contribution in [0.5, 0.6) is 0 Å². The number of aryl methyl sites for hydroxylation is 1. The Balaban J connectivity index is 1.65. The Morgan fingerprint density at radius 3 is 2.60 bits per heavy atom. The summed E-state index contributed by atoms with van der Waals surface area (Å²) in [6, 6.07) is 0. The van der Waals surface area contributed by atoms with Crippen LogP contribution < -0.4 is 0 Å². The molecule has 0 saturated carbocycles. The molecular formula is C15H23N3OS. The van der Waals surface area contributed by atoms with E-state index in [1.165, 1.54) is 25.8 Å². The lowest BCUT2D eigenvalue weighted by atomic mass is 9.79. The molecule has 110 valence electrons. The summed E-state index contributed by atoms with van der Waals surface area (Å²) in [7, 11) is 2.25. The van der Waals surface area contributed by atoms with E-state index in [9.17, 15) is 4.79 Å². The highest BCUT2D eigenvalue weighted by molar-refractivity contribution is 7.09. The number of thiazole rings is 1. The molecule has 4 nitrogen and oxygen atoms in total. The topological polar surface area (TPSA) is 36.4 Å². The van der Waals surface area contributed by atoms with E-state index in [2.05, 4.69) is 16.9 Å². The lowest BCUT2D eigenvalue weighted by molar-refractivity contribution is 0.0109. The molecule has 2 fully saturated rings. The van der Waals surface area contributed by atoms with Crippen molar-refractivity contribution >= 4 is 17.2 Å². The monoisotopic (exact) mass is 293 g/mol. The van der Waals surface area contributed by atoms with Crippen LogP contribution in [-0.2, 0) is 0 Å². The number of nitrogens with zero attached hydrogens (tertiary/aromatic N) is 3. The fourth-order valence-corrected chi connectivity index (χ4v) is 4.20. The predicted octanol–water partition coefficient (Wildman–Crippen LogP) is 2.54.